The largest absolute Gasteiger partial charge is 0.375 e. The Labute approximate surface area is 171 Å². The highest BCUT2D eigenvalue weighted by Gasteiger charge is 2.32. The Balaban J connectivity index is 1.55. The van der Waals surface area contributed by atoms with Gasteiger partial charge in [-0.1, -0.05) is 91.0 Å². The van der Waals surface area contributed by atoms with Crippen molar-refractivity contribution in [3.05, 3.63) is 108 Å². The monoisotopic (exact) mass is 384 g/mol. The molecule has 0 aliphatic carbocycles. The van der Waals surface area contributed by atoms with E-state index in [4.69, 9.17) is 9.84 Å². The molecule has 1 fully saturated rings. The Morgan fingerprint density at radius 1 is 0.862 bits per heavy atom. The molecule has 0 saturated carbocycles. The van der Waals surface area contributed by atoms with Gasteiger partial charge >= 0.3 is 0 Å². The number of hydrogen-bond donors (Lipinski definition) is 0. The van der Waals surface area contributed by atoms with Crippen LogP contribution in [0, 0.1) is 0 Å². The molecule has 0 N–H and O–H groups in total. The van der Waals surface area contributed by atoms with Gasteiger partial charge in [-0.25, -0.2) is 5.01 Å². The minimum Gasteiger partial charge on any atom is -0.375 e. The molecule has 4 heteroatoms. The lowest BCUT2D eigenvalue weighted by Crippen LogP contribution is -2.33. The zero-order chi connectivity index (χ0) is 19.9. The van der Waals surface area contributed by atoms with Crippen LogP contribution in [0.5, 0.6) is 0 Å². The highest BCUT2D eigenvalue weighted by atomic mass is 16.5. The Kier molecular flexibility index (Phi) is 6.13. The van der Waals surface area contributed by atoms with E-state index in [9.17, 15) is 4.79 Å². The summed E-state index contributed by atoms with van der Waals surface area (Å²) < 4.78 is 5.91. The van der Waals surface area contributed by atoms with E-state index in [1.807, 2.05) is 91.0 Å². The van der Waals surface area contributed by atoms with Crippen LogP contribution < -0.4 is 0 Å². The van der Waals surface area contributed by atoms with Crippen LogP contribution >= 0.6 is 0 Å². The first kappa shape index (κ1) is 19.1. The van der Waals surface area contributed by atoms with Crippen molar-refractivity contribution < 1.29 is 9.53 Å². The SMILES string of the molecule is O=C1CCC(COCc2ccccc2)N1N=C(c1ccccc1)c1ccccc1. The summed E-state index contributed by atoms with van der Waals surface area (Å²) in [5.74, 6) is 0.0441. The maximum absolute atomic E-state index is 12.6. The molecule has 3 aromatic rings. The summed E-state index contributed by atoms with van der Waals surface area (Å²) >= 11 is 0. The lowest BCUT2D eigenvalue weighted by Gasteiger charge is -2.21. The van der Waals surface area contributed by atoms with E-state index in [2.05, 4.69) is 0 Å². The molecule has 4 nitrogen and oxygen atoms in total. The third kappa shape index (κ3) is 4.79. The molecule has 1 saturated heterocycles. The third-order valence-corrected chi connectivity index (χ3v) is 5.02. The molecular weight excluding hydrogens is 360 g/mol. The summed E-state index contributed by atoms with van der Waals surface area (Å²) in [6.45, 7) is 1.01. The molecule has 0 radical (unpaired) electrons. The van der Waals surface area contributed by atoms with Gasteiger partial charge in [0.1, 0.15) is 0 Å². The third-order valence-electron chi connectivity index (χ3n) is 5.02. The molecule has 1 atom stereocenters. The topological polar surface area (TPSA) is 41.9 Å². The van der Waals surface area contributed by atoms with Gasteiger partial charge in [0.25, 0.3) is 0 Å². The molecule has 1 aliphatic heterocycles. The van der Waals surface area contributed by atoms with Crippen LogP contribution in [0.15, 0.2) is 96.1 Å². The Morgan fingerprint density at radius 3 is 2.00 bits per heavy atom. The number of benzene rings is 3. The average Bonchev–Trinajstić information content (AvgIpc) is 3.13. The van der Waals surface area contributed by atoms with Crippen molar-refractivity contribution in [1.82, 2.24) is 5.01 Å². The lowest BCUT2D eigenvalue weighted by atomic mass is 10.0. The highest BCUT2D eigenvalue weighted by Crippen LogP contribution is 2.22. The van der Waals surface area contributed by atoms with E-state index >= 15 is 0 Å². The van der Waals surface area contributed by atoms with Crippen molar-refractivity contribution >= 4 is 11.6 Å². The minimum atomic E-state index is -0.0476. The van der Waals surface area contributed by atoms with Gasteiger partial charge in [-0.15, -0.1) is 0 Å². The molecule has 4 rings (SSSR count). The van der Waals surface area contributed by atoms with Crippen LogP contribution in [-0.4, -0.2) is 29.3 Å². The molecule has 1 unspecified atom stereocenters. The zero-order valence-electron chi connectivity index (χ0n) is 16.3. The van der Waals surface area contributed by atoms with E-state index in [0.29, 0.717) is 19.6 Å². The van der Waals surface area contributed by atoms with E-state index in [-0.39, 0.29) is 11.9 Å². The number of amides is 1. The zero-order valence-corrected chi connectivity index (χ0v) is 16.3. The summed E-state index contributed by atoms with van der Waals surface area (Å²) in [6, 6.07) is 30.0. The lowest BCUT2D eigenvalue weighted by molar-refractivity contribution is -0.129. The maximum Gasteiger partial charge on any atom is 0.243 e. The van der Waals surface area contributed by atoms with E-state index in [1.165, 1.54) is 0 Å². The van der Waals surface area contributed by atoms with Crippen molar-refractivity contribution in [2.24, 2.45) is 5.10 Å². The first-order chi connectivity index (χ1) is 14.3. The number of carbonyl (C=O) groups excluding carboxylic acids is 1. The van der Waals surface area contributed by atoms with Crippen LogP contribution in [0.25, 0.3) is 0 Å². The van der Waals surface area contributed by atoms with Gasteiger partial charge < -0.3 is 4.74 Å². The van der Waals surface area contributed by atoms with Gasteiger partial charge in [0.05, 0.1) is 25.0 Å². The second-order valence-electron chi connectivity index (χ2n) is 7.11. The van der Waals surface area contributed by atoms with Crippen LogP contribution in [0.4, 0.5) is 0 Å². The summed E-state index contributed by atoms with van der Waals surface area (Å²) in [5, 5.41) is 6.45. The van der Waals surface area contributed by atoms with Gasteiger partial charge in [-0.05, 0) is 12.0 Å². The Morgan fingerprint density at radius 2 is 1.41 bits per heavy atom. The minimum absolute atomic E-state index is 0.0441. The number of rotatable bonds is 7. The van der Waals surface area contributed by atoms with Gasteiger partial charge in [-0.3, -0.25) is 4.79 Å². The first-order valence-corrected chi connectivity index (χ1v) is 9.94. The molecule has 29 heavy (non-hydrogen) atoms. The van der Waals surface area contributed by atoms with Gasteiger partial charge in [0.2, 0.25) is 5.91 Å². The van der Waals surface area contributed by atoms with Crippen LogP contribution in [0.1, 0.15) is 29.5 Å². The number of hydrogen-bond acceptors (Lipinski definition) is 3. The number of carbonyl (C=O) groups is 1. The number of nitrogens with zero attached hydrogens (tertiary/aromatic N) is 2. The normalized spacial score (nSPS) is 16.1. The molecule has 0 spiro atoms. The molecular formula is C25H24N2O2. The average molecular weight is 384 g/mol. The summed E-state index contributed by atoms with van der Waals surface area (Å²) in [6.07, 6.45) is 1.26. The number of ether oxygens (including phenoxy) is 1. The molecule has 1 heterocycles. The summed E-state index contributed by atoms with van der Waals surface area (Å²) in [4.78, 5) is 12.6. The van der Waals surface area contributed by atoms with E-state index < -0.39 is 0 Å². The quantitative estimate of drug-likeness (QED) is 0.557. The maximum atomic E-state index is 12.6. The molecule has 0 aromatic heterocycles. The predicted molar refractivity (Wildman–Crippen MR) is 114 cm³/mol. The predicted octanol–water partition coefficient (Wildman–Crippen LogP) is 4.65. The molecule has 3 aromatic carbocycles. The highest BCUT2D eigenvalue weighted by molar-refractivity contribution is 6.13. The fraction of sp³-hybridized carbons (Fsp3) is 0.200. The van der Waals surface area contributed by atoms with Gasteiger partial charge in [-0.2, -0.15) is 5.10 Å². The Hall–Kier alpha value is -3.24. The second-order valence-corrected chi connectivity index (χ2v) is 7.11. The first-order valence-electron chi connectivity index (χ1n) is 9.94. The van der Waals surface area contributed by atoms with Crippen molar-refractivity contribution in [2.75, 3.05) is 6.61 Å². The standard InChI is InChI=1S/C25H24N2O2/c28-24-17-16-23(19-29-18-20-10-4-1-5-11-20)27(24)26-25(21-12-6-2-7-13-21)22-14-8-3-9-15-22/h1-15,23H,16-19H2. The van der Waals surface area contributed by atoms with Crippen molar-refractivity contribution in [1.29, 1.82) is 0 Å². The van der Waals surface area contributed by atoms with E-state index in [0.717, 1.165) is 28.8 Å². The van der Waals surface area contributed by atoms with Crippen molar-refractivity contribution in [3.63, 3.8) is 0 Å². The number of hydrazone groups is 1. The van der Waals surface area contributed by atoms with Crippen LogP contribution in [0.2, 0.25) is 0 Å². The van der Waals surface area contributed by atoms with Crippen LogP contribution in [0.3, 0.4) is 0 Å². The van der Waals surface area contributed by atoms with Gasteiger partial charge in [0, 0.05) is 17.5 Å². The smallest absolute Gasteiger partial charge is 0.243 e. The van der Waals surface area contributed by atoms with E-state index in [1.54, 1.807) is 5.01 Å². The summed E-state index contributed by atoms with van der Waals surface area (Å²) in [5.41, 5.74) is 3.90. The summed E-state index contributed by atoms with van der Waals surface area (Å²) in [7, 11) is 0. The second kappa shape index (κ2) is 9.30. The molecule has 1 aliphatic rings. The van der Waals surface area contributed by atoms with Crippen molar-refractivity contribution in [2.45, 2.75) is 25.5 Å². The Bertz CT molecular complexity index is 914. The van der Waals surface area contributed by atoms with Gasteiger partial charge in [0.15, 0.2) is 0 Å². The molecule has 146 valence electrons. The molecule has 0 bridgehead atoms. The fourth-order valence-corrected chi connectivity index (χ4v) is 3.49. The van der Waals surface area contributed by atoms with Crippen molar-refractivity contribution in [3.8, 4) is 0 Å². The van der Waals surface area contributed by atoms with Crippen LogP contribution in [-0.2, 0) is 16.1 Å². The molecule has 1 amide bonds. The fourth-order valence-electron chi connectivity index (χ4n) is 3.49.